The first-order chi connectivity index (χ1) is 17.5. The average molecular weight is 482 g/mol. The summed E-state index contributed by atoms with van der Waals surface area (Å²) in [5.41, 5.74) is 1.69. The normalized spacial score (nSPS) is 24.8. The van der Waals surface area contributed by atoms with E-state index in [0.717, 1.165) is 11.1 Å². The van der Waals surface area contributed by atoms with E-state index < -0.39 is 23.6 Å². The van der Waals surface area contributed by atoms with Gasteiger partial charge in [0.05, 0.1) is 5.69 Å². The Morgan fingerprint density at radius 3 is 1.97 bits per heavy atom. The van der Waals surface area contributed by atoms with E-state index in [1.165, 1.54) is 4.57 Å². The van der Waals surface area contributed by atoms with Gasteiger partial charge in [0.25, 0.3) is 0 Å². The minimum atomic E-state index is -0.877. The smallest absolute Gasteiger partial charge is 0.352 e. The molecule has 6 rings (SSSR count). The predicted molar refractivity (Wildman–Crippen MR) is 136 cm³/mol. The molecule has 0 N–H and O–H groups in total. The maximum absolute atomic E-state index is 14.1. The molecule has 0 radical (unpaired) electrons. The Morgan fingerprint density at radius 2 is 1.36 bits per heavy atom. The number of hydrogen-bond donors (Lipinski definition) is 0. The number of rotatable bonds is 4. The number of aromatic nitrogens is 3. The summed E-state index contributed by atoms with van der Waals surface area (Å²) < 4.78 is 16.7. The molecule has 1 fully saturated rings. The fourth-order valence-electron chi connectivity index (χ4n) is 5.50. The lowest BCUT2D eigenvalue weighted by molar-refractivity contribution is -0.218. The molecule has 0 unspecified atom stereocenters. The molecule has 0 amide bonds. The number of para-hydroxylation sites is 1. The summed E-state index contributed by atoms with van der Waals surface area (Å²) in [6, 6.07) is 27.8. The van der Waals surface area contributed by atoms with Crippen LogP contribution in [-0.4, -0.2) is 26.8 Å². The number of fused-ring (bicyclic) bond motifs is 3. The summed E-state index contributed by atoms with van der Waals surface area (Å²) in [6.07, 6.45) is 2.48. The molecular weight excluding hydrogens is 454 g/mol. The summed E-state index contributed by atoms with van der Waals surface area (Å²) >= 11 is 0. The van der Waals surface area contributed by atoms with Crippen LogP contribution < -0.4 is 11.4 Å². The first kappa shape index (κ1) is 22.4. The zero-order chi connectivity index (χ0) is 24.9. The van der Waals surface area contributed by atoms with E-state index in [1.807, 2.05) is 79.7 Å². The van der Waals surface area contributed by atoms with Crippen molar-refractivity contribution in [1.29, 1.82) is 0 Å². The Bertz CT molecular complexity index is 1540. The topological polar surface area (TPSA) is 67.4 Å². The highest BCUT2D eigenvalue weighted by Gasteiger charge is 2.48. The van der Waals surface area contributed by atoms with Gasteiger partial charge in [-0.05, 0) is 29.3 Å². The van der Waals surface area contributed by atoms with Crippen molar-refractivity contribution in [2.24, 2.45) is 0 Å². The number of allylic oxidation sites excluding steroid dienone is 2. The van der Waals surface area contributed by atoms with Gasteiger partial charge in [-0.25, -0.2) is 23.5 Å². The molecule has 2 aliphatic heterocycles. The lowest BCUT2D eigenvalue weighted by Gasteiger charge is -2.46. The number of hydrogen-bond acceptors (Lipinski definition) is 4. The van der Waals surface area contributed by atoms with Crippen LogP contribution in [0.2, 0.25) is 0 Å². The molecular formula is C29H27N3O4. The fraction of sp³-hybridized carbons (Fsp3) is 0.241. The molecule has 0 bridgehead atoms. The van der Waals surface area contributed by atoms with Crippen LogP contribution in [0.1, 0.15) is 42.5 Å². The second-order valence-electron chi connectivity index (χ2n) is 9.46. The van der Waals surface area contributed by atoms with Crippen molar-refractivity contribution in [2.45, 2.75) is 37.1 Å². The molecule has 182 valence electrons. The highest BCUT2D eigenvalue weighted by atomic mass is 16.7. The second kappa shape index (κ2) is 8.53. The van der Waals surface area contributed by atoms with Gasteiger partial charge in [0.15, 0.2) is 0 Å². The van der Waals surface area contributed by atoms with Crippen molar-refractivity contribution in [3.05, 3.63) is 135 Å². The van der Waals surface area contributed by atoms with Gasteiger partial charge in [-0.2, -0.15) is 0 Å². The van der Waals surface area contributed by atoms with Crippen LogP contribution >= 0.6 is 0 Å². The molecule has 7 nitrogen and oxygen atoms in total. The van der Waals surface area contributed by atoms with E-state index in [2.05, 4.69) is 12.1 Å². The molecule has 7 heteroatoms. The predicted octanol–water partition coefficient (Wildman–Crippen LogP) is 4.40. The van der Waals surface area contributed by atoms with Crippen LogP contribution in [-0.2, 0) is 9.47 Å². The molecule has 4 atom stereocenters. The highest BCUT2D eigenvalue weighted by molar-refractivity contribution is 5.35. The Morgan fingerprint density at radius 1 is 0.806 bits per heavy atom. The summed E-state index contributed by atoms with van der Waals surface area (Å²) in [5, 5.41) is 0. The Kier molecular flexibility index (Phi) is 5.30. The van der Waals surface area contributed by atoms with Crippen molar-refractivity contribution < 1.29 is 9.47 Å². The van der Waals surface area contributed by atoms with Gasteiger partial charge in [-0.15, -0.1) is 0 Å². The van der Waals surface area contributed by atoms with E-state index >= 15 is 0 Å². The molecule has 1 aromatic heterocycles. The zero-order valence-electron chi connectivity index (χ0n) is 20.2. The molecule has 1 saturated heterocycles. The number of benzene rings is 3. The van der Waals surface area contributed by atoms with Crippen LogP contribution in [0, 0.1) is 0 Å². The minimum absolute atomic E-state index is 0.150. The molecule has 0 spiro atoms. The summed E-state index contributed by atoms with van der Waals surface area (Å²) in [4.78, 5) is 28.0. The van der Waals surface area contributed by atoms with E-state index in [1.54, 1.807) is 28.6 Å². The summed E-state index contributed by atoms with van der Waals surface area (Å²) in [5.74, 6) is -0.401. The first-order valence-electron chi connectivity index (χ1n) is 12.1. The Labute approximate surface area is 208 Å². The lowest BCUT2D eigenvalue weighted by Crippen LogP contribution is -2.48. The fourth-order valence-corrected chi connectivity index (χ4v) is 5.50. The quantitative estimate of drug-likeness (QED) is 0.434. The minimum Gasteiger partial charge on any atom is -0.465 e. The number of methoxy groups -OCH3 is 1. The largest absolute Gasteiger partial charge is 0.465 e. The molecule has 3 heterocycles. The van der Waals surface area contributed by atoms with Gasteiger partial charge in [0.1, 0.15) is 17.8 Å². The van der Waals surface area contributed by atoms with Gasteiger partial charge >= 0.3 is 11.4 Å². The van der Waals surface area contributed by atoms with Crippen molar-refractivity contribution in [3.63, 3.8) is 0 Å². The van der Waals surface area contributed by atoms with Crippen LogP contribution in [0.15, 0.2) is 112 Å². The van der Waals surface area contributed by atoms with Gasteiger partial charge in [0, 0.05) is 26.4 Å². The van der Waals surface area contributed by atoms with Crippen LogP contribution in [0.4, 0.5) is 0 Å². The van der Waals surface area contributed by atoms with Gasteiger partial charge in [0.2, 0.25) is 5.79 Å². The monoisotopic (exact) mass is 481 g/mol. The average Bonchev–Trinajstić information content (AvgIpc) is 3.19. The Hall–Kier alpha value is -4.10. The van der Waals surface area contributed by atoms with Crippen LogP contribution in [0.5, 0.6) is 0 Å². The maximum Gasteiger partial charge on any atom is 0.352 e. The molecule has 0 saturated carbocycles. The summed E-state index contributed by atoms with van der Waals surface area (Å²) in [6.45, 7) is 1.91. The van der Waals surface area contributed by atoms with Crippen molar-refractivity contribution >= 4 is 0 Å². The molecule has 3 aromatic carbocycles. The first-order valence-corrected chi connectivity index (χ1v) is 12.1. The Balaban J connectivity index is 1.65. The number of ether oxygens (including phenoxy) is 2. The van der Waals surface area contributed by atoms with Crippen molar-refractivity contribution in [1.82, 2.24) is 13.9 Å². The molecule has 0 aliphatic carbocycles. The van der Waals surface area contributed by atoms with Gasteiger partial charge < -0.3 is 9.47 Å². The molecule has 36 heavy (non-hydrogen) atoms. The van der Waals surface area contributed by atoms with Crippen LogP contribution in [0.25, 0.3) is 5.69 Å². The molecule has 2 aliphatic rings. The summed E-state index contributed by atoms with van der Waals surface area (Å²) in [7, 11) is 1.63. The van der Waals surface area contributed by atoms with E-state index in [9.17, 15) is 9.59 Å². The standard InChI is InChI=1S/C29H27N3O4/c1-29(35-2)19-23(20-12-6-3-7-13-20)26-25(36-29)18-24(21-14-8-4-9-15-21)31-27(33)30(28(34)32(26)31)22-16-10-5-11-17-22/h3-18,23-24,26H,19H2,1-2H3/t23-,24-,26-,29+/m0/s1. The van der Waals surface area contributed by atoms with Gasteiger partial charge in [-0.1, -0.05) is 78.9 Å². The zero-order valence-corrected chi connectivity index (χ0v) is 20.2. The maximum atomic E-state index is 14.1. The second-order valence-corrected chi connectivity index (χ2v) is 9.46. The van der Waals surface area contributed by atoms with E-state index in [4.69, 9.17) is 9.47 Å². The lowest BCUT2D eigenvalue weighted by atomic mass is 9.81. The number of nitrogens with zero attached hydrogens (tertiary/aromatic N) is 3. The highest BCUT2D eigenvalue weighted by Crippen LogP contribution is 2.49. The molecule has 4 aromatic rings. The third kappa shape index (κ3) is 3.46. The van der Waals surface area contributed by atoms with Crippen molar-refractivity contribution in [2.75, 3.05) is 7.11 Å². The third-order valence-electron chi connectivity index (χ3n) is 7.27. The SMILES string of the molecule is CO[C@@]1(C)C[C@@H](c2ccccc2)[C@H]2C(=C[C@@H](c3ccccc3)n3c(=O)n(-c4ccccc4)c(=O)n32)O1. The van der Waals surface area contributed by atoms with E-state index in [-0.39, 0.29) is 11.6 Å². The van der Waals surface area contributed by atoms with Gasteiger partial charge in [-0.3, -0.25) is 0 Å². The third-order valence-corrected chi connectivity index (χ3v) is 7.27. The van der Waals surface area contributed by atoms with Crippen molar-refractivity contribution in [3.8, 4) is 5.69 Å². The van der Waals surface area contributed by atoms with E-state index in [0.29, 0.717) is 17.9 Å². The van der Waals surface area contributed by atoms with Crippen LogP contribution in [0.3, 0.4) is 0 Å².